The lowest BCUT2D eigenvalue weighted by Crippen LogP contribution is -2.09. The Hall–Kier alpha value is -3.08. The van der Waals surface area contributed by atoms with Crippen LogP contribution in [0.25, 0.3) is 0 Å². The molecular formula is C20H19N3O2. The van der Waals surface area contributed by atoms with E-state index in [1.165, 1.54) is 0 Å². The van der Waals surface area contributed by atoms with Crippen molar-refractivity contribution in [3.8, 4) is 11.5 Å². The van der Waals surface area contributed by atoms with E-state index in [0.717, 1.165) is 23.5 Å². The molecule has 3 aromatic rings. The third-order valence-corrected chi connectivity index (χ3v) is 3.65. The lowest BCUT2D eigenvalue weighted by Gasteiger charge is -2.08. The second-order valence-corrected chi connectivity index (χ2v) is 5.69. The summed E-state index contributed by atoms with van der Waals surface area (Å²) in [5, 5.41) is 0. The first-order valence-electron chi connectivity index (χ1n) is 8.18. The van der Waals surface area contributed by atoms with Crippen LogP contribution in [-0.4, -0.2) is 20.7 Å². The van der Waals surface area contributed by atoms with Gasteiger partial charge in [-0.05, 0) is 37.6 Å². The molecule has 3 aromatic heterocycles. The second kappa shape index (κ2) is 7.66. The van der Waals surface area contributed by atoms with Crippen LogP contribution >= 0.6 is 0 Å². The number of ketones is 1. The van der Waals surface area contributed by atoms with Gasteiger partial charge in [-0.15, -0.1) is 0 Å². The Morgan fingerprint density at radius 2 is 1.88 bits per heavy atom. The smallest absolute Gasteiger partial charge is 0.187 e. The molecule has 0 aliphatic heterocycles. The van der Waals surface area contributed by atoms with Gasteiger partial charge < -0.3 is 4.74 Å². The van der Waals surface area contributed by atoms with Crippen molar-refractivity contribution in [1.82, 2.24) is 15.0 Å². The average molecular weight is 333 g/mol. The summed E-state index contributed by atoms with van der Waals surface area (Å²) < 4.78 is 5.77. The lowest BCUT2D eigenvalue weighted by molar-refractivity contribution is 0.0986. The number of Topliss-reactive ketones (excluding diaryl/α,β-unsaturated/α-hetero) is 1. The molecule has 0 fully saturated rings. The molecule has 0 saturated carbocycles. The highest BCUT2D eigenvalue weighted by atomic mass is 16.5. The fraction of sp³-hybridized carbons (Fsp3) is 0.200. The van der Waals surface area contributed by atoms with E-state index in [9.17, 15) is 4.79 Å². The Kier molecular flexibility index (Phi) is 5.14. The van der Waals surface area contributed by atoms with Crippen molar-refractivity contribution in [1.29, 1.82) is 0 Å². The molecule has 0 radical (unpaired) electrons. The van der Waals surface area contributed by atoms with Crippen molar-refractivity contribution in [2.75, 3.05) is 0 Å². The summed E-state index contributed by atoms with van der Waals surface area (Å²) in [6.45, 7) is 3.88. The van der Waals surface area contributed by atoms with Crippen LogP contribution in [0.2, 0.25) is 0 Å². The molecule has 0 aromatic carbocycles. The fourth-order valence-electron chi connectivity index (χ4n) is 2.46. The third-order valence-electron chi connectivity index (χ3n) is 3.65. The summed E-state index contributed by atoms with van der Waals surface area (Å²) >= 11 is 0. The maximum Gasteiger partial charge on any atom is 0.187 e. The van der Waals surface area contributed by atoms with Gasteiger partial charge in [0.25, 0.3) is 0 Å². The molecule has 5 nitrogen and oxygen atoms in total. The van der Waals surface area contributed by atoms with E-state index in [4.69, 9.17) is 4.74 Å². The van der Waals surface area contributed by atoms with Gasteiger partial charge in [-0.3, -0.25) is 14.8 Å². The summed E-state index contributed by atoms with van der Waals surface area (Å²) in [7, 11) is 0. The van der Waals surface area contributed by atoms with Gasteiger partial charge in [0.15, 0.2) is 5.78 Å². The molecule has 126 valence electrons. The van der Waals surface area contributed by atoms with Crippen molar-refractivity contribution in [3.05, 3.63) is 77.6 Å². The number of aryl methyl sites for hydroxylation is 2. The van der Waals surface area contributed by atoms with Gasteiger partial charge >= 0.3 is 0 Å². The second-order valence-electron chi connectivity index (χ2n) is 5.69. The molecule has 0 atom stereocenters. The van der Waals surface area contributed by atoms with Crippen LogP contribution in [-0.2, 0) is 12.8 Å². The first kappa shape index (κ1) is 16.8. The normalized spacial score (nSPS) is 10.5. The Morgan fingerprint density at radius 3 is 2.64 bits per heavy atom. The predicted octanol–water partition coefficient (Wildman–Crippen LogP) is 3.96. The summed E-state index contributed by atoms with van der Waals surface area (Å²) in [5.74, 6) is 1.10. The number of rotatable bonds is 6. The molecule has 0 amide bonds. The van der Waals surface area contributed by atoms with E-state index in [0.29, 0.717) is 17.2 Å². The highest BCUT2D eigenvalue weighted by molar-refractivity contribution is 5.95. The van der Waals surface area contributed by atoms with Gasteiger partial charge in [0.05, 0.1) is 12.6 Å². The van der Waals surface area contributed by atoms with Crippen LogP contribution in [0.5, 0.6) is 11.5 Å². The minimum Gasteiger partial charge on any atom is -0.456 e. The van der Waals surface area contributed by atoms with Crippen molar-refractivity contribution in [2.24, 2.45) is 0 Å². The van der Waals surface area contributed by atoms with E-state index in [1.807, 2.05) is 38.1 Å². The van der Waals surface area contributed by atoms with Gasteiger partial charge in [0, 0.05) is 35.4 Å². The summed E-state index contributed by atoms with van der Waals surface area (Å²) in [6.07, 6.45) is 4.36. The van der Waals surface area contributed by atoms with Crippen molar-refractivity contribution in [2.45, 2.75) is 26.7 Å². The molecule has 3 heterocycles. The zero-order valence-electron chi connectivity index (χ0n) is 14.3. The van der Waals surface area contributed by atoms with Crippen molar-refractivity contribution in [3.63, 3.8) is 0 Å². The predicted molar refractivity (Wildman–Crippen MR) is 94.9 cm³/mol. The quantitative estimate of drug-likeness (QED) is 0.639. The topological polar surface area (TPSA) is 65.0 Å². The average Bonchev–Trinajstić information content (AvgIpc) is 2.62. The Labute approximate surface area is 146 Å². The van der Waals surface area contributed by atoms with Crippen molar-refractivity contribution < 1.29 is 9.53 Å². The van der Waals surface area contributed by atoms with Gasteiger partial charge in [-0.25, -0.2) is 4.98 Å². The Balaban J connectivity index is 1.80. The zero-order chi connectivity index (χ0) is 17.6. The number of pyridine rings is 3. The first-order valence-corrected chi connectivity index (χ1v) is 8.18. The lowest BCUT2D eigenvalue weighted by atomic mass is 10.1. The zero-order valence-corrected chi connectivity index (χ0v) is 14.3. The highest BCUT2D eigenvalue weighted by Crippen LogP contribution is 2.22. The largest absolute Gasteiger partial charge is 0.456 e. The first-order chi connectivity index (χ1) is 12.1. The monoisotopic (exact) mass is 333 g/mol. The van der Waals surface area contributed by atoms with Crippen LogP contribution in [0.1, 0.15) is 34.5 Å². The van der Waals surface area contributed by atoms with E-state index >= 15 is 0 Å². The van der Waals surface area contributed by atoms with Crippen molar-refractivity contribution >= 4 is 5.78 Å². The SMILES string of the molecule is CCc1cccc(CC(=O)c2cc(Oc3cccnc3)cc(C)n2)n1. The summed E-state index contributed by atoms with van der Waals surface area (Å²) in [4.78, 5) is 25.4. The number of carbonyl (C=O) groups excluding carboxylic acids is 1. The number of ether oxygens (including phenoxy) is 1. The van der Waals surface area contributed by atoms with E-state index < -0.39 is 0 Å². The van der Waals surface area contributed by atoms with E-state index in [-0.39, 0.29) is 12.2 Å². The summed E-state index contributed by atoms with van der Waals surface area (Å²) in [6, 6.07) is 12.8. The fourth-order valence-corrected chi connectivity index (χ4v) is 2.46. The number of hydrogen-bond donors (Lipinski definition) is 0. The molecule has 0 bridgehead atoms. The summed E-state index contributed by atoms with van der Waals surface area (Å²) in [5.41, 5.74) is 2.83. The molecule has 0 N–H and O–H groups in total. The van der Waals surface area contributed by atoms with Crippen LogP contribution in [0.15, 0.2) is 54.9 Å². The Bertz CT molecular complexity index is 879. The van der Waals surface area contributed by atoms with E-state index in [2.05, 4.69) is 15.0 Å². The van der Waals surface area contributed by atoms with Gasteiger partial charge in [0.2, 0.25) is 0 Å². The molecule has 3 rings (SSSR count). The molecule has 0 unspecified atom stereocenters. The molecule has 0 aliphatic carbocycles. The molecular weight excluding hydrogens is 314 g/mol. The third kappa shape index (κ3) is 4.47. The molecule has 0 saturated heterocycles. The van der Waals surface area contributed by atoms with Crippen LogP contribution in [0.3, 0.4) is 0 Å². The van der Waals surface area contributed by atoms with Crippen LogP contribution in [0.4, 0.5) is 0 Å². The van der Waals surface area contributed by atoms with E-state index in [1.54, 1.807) is 30.6 Å². The number of nitrogens with zero attached hydrogens (tertiary/aromatic N) is 3. The van der Waals surface area contributed by atoms with Crippen LogP contribution < -0.4 is 4.74 Å². The molecule has 25 heavy (non-hydrogen) atoms. The maximum atomic E-state index is 12.6. The Morgan fingerprint density at radius 1 is 1.04 bits per heavy atom. The number of aromatic nitrogens is 3. The minimum absolute atomic E-state index is 0.0829. The molecule has 5 heteroatoms. The van der Waals surface area contributed by atoms with Gasteiger partial charge in [-0.1, -0.05) is 13.0 Å². The highest BCUT2D eigenvalue weighted by Gasteiger charge is 2.13. The maximum absolute atomic E-state index is 12.6. The van der Waals surface area contributed by atoms with Gasteiger partial charge in [0.1, 0.15) is 17.2 Å². The molecule has 0 spiro atoms. The number of carbonyl (C=O) groups is 1. The molecule has 0 aliphatic rings. The van der Waals surface area contributed by atoms with Gasteiger partial charge in [-0.2, -0.15) is 0 Å². The number of hydrogen-bond acceptors (Lipinski definition) is 5. The van der Waals surface area contributed by atoms with Crippen LogP contribution in [0, 0.1) is 6.92 Å². The standard InChI is InChI=1S/C20H19N3O2/c1-3-15-6-4-7-16(23-15)11-20(24)19-12-18(10-14(2)22-19)25-17-8-5-9-21-13-17/h4-10,12-13H,3,11H2,1-2H3. The minimum atomic E-state index is -0.0829.